The second-order valence-corrected chi connectivity index (χ2v) is 8.70. The number of unbranched alkanes of at least 4 members (excludes halogenated alkanes) is 4. The molecule has 0 rings (SSSR count). The van der Waals surface area contributed by atoms with Gasteiger partial charge in [0, 0.05) is 27.4 Å². The number of hydrogen-bond donors (Lipinski definition) is 1. The van der Waals surface area contributed by atoms with Gasteiger partial charge in [0.25, 0.3) is 0 Å². The molecule has 0 radical (unpaired) electrons. The fraction of sp³-hybridized carbons (Fsp3) is 0.571. The summed E-state index contributed by atoms with van der Waals surface area (Å²) in [7, 11) is 0. The fourth-order valence-electron chi connectivity index (χ4n) is 2.84. The van der Waals surface area contributed by atoms with Crippen LogP contribution in [-0.2, 0) is 23.9 Å². The minimum absolute atomic E-state index is 0. The molecule has 0 aromatic carbocycles. The van der Waals surface area contributed by atoms with Crippen molar-refractivity contribution in [3.63, 3.8) is 0 Å². The molecular weight excluding hydrogens is 516 g/mol. The second kappa shape index (κ2) is 41.5. The molecule has 236 valence electrons. The van der Waals surface area contributed by atoms with Crippen molar-refractivity contribution in [1.82, 2.24) is 0 Å². The Morgan fingerprint density at radius 3 is 1.24 bits per heavy atom. The molecule has 0 heterocycles. The van der Waals surface area contributed by atoms with E-state index in [-0.39, 0.29) is 20.0 Å². The first-order valence-corrected chi connectivity index (χ1v) is 14.6. The summed E-state index contributed by atoms with van der Waals surface area (Å²) in [6, 6.07) is 0. The lowest BCUT2D eigenvalue weighted by molar-refractivity contribution is -0.156. The largest absolute Gasteiger partial charge is 0.466 e. The molecule has 0 aliphatic rings. The Morgan fingerprint density at radius 1 is 0.537 bits per heavy atom. The first-order chi connectivity index (χ1) is 19.3. The molecule has 0 amide bonds. The summed E-state index contributed by atoms with van der Waals surface area (Å²) in [5.41, 5.74) is 0. The van der Waals surface area contributed by atoms with Gasteiger partial charge < -0.3 is 14.6 Å². The third kappa shape index (κ3) is 57.8. The molecule has 0 aliphatic carbocycles. The summed E-state index contributed by atoms with van der Waals surface area (Å²) in [4.78, 5) is 30.1. The van der Waals surface area contributed by atoms with Gasteiger partial charge in [0.05, 0.1) is 6.61 Å². The smallest absolute Gasteiger partial charge is 0.310 e. The summed E-state index contributed by atoms with van der Waals surface area (Å²) in [6.07, 6.45) is 39.0. The maximum absolute atomic E-state index is 10.5. The van der Waals surface area contributed by atoms with Crippen LogP contribution < -0.4 is 0 Å². The van der Waals surface area contributed by atoms with Gasteiger partial charge >= 0.3 is 17.9 Å². The van der Waals surface area contributed by atoms with E-state index in [2.05, 4.69) is 85.4 Å². The summed E-state index contributed by atoms with van der Waals surface area (Å²) in [5.74, 6) is -1.33. The maximum atomic E-state index is 10.5. The number of aliphatic hydroxyl groups excluding tert-OH is 1. The van der Waals surface area contributed by atoms with Crippen LogP contribution in [0.2, 0.25) is 0 Å². The van der Waals surface area contributed by atoms with Crippen molar-refractivity contribution in [1.29, 1.82) is 0 Å². The van der Waals surface area contributed by atoms with E-state index in [1.54, 1.807) is 0 Å². The van der Waals surface area contributed by atoms with Gasteiger partial charge in [-0.25, -0.2) is 0 Å². The molecule has 0 bridgehead atoms. The van der Waals surface area contributed by atoms with Crippen LogP contribution in [0.25, 0.3) is 0 Å². The Bertz CT molecular complexity index is 745. The number of carbonyl (C=O) groups excluding carboxylic acids is 3. The zero-order valence-electron chi connectivity index (χ0n) is 25.8. The zero-order valence-corrected chi connectivity index (χ0v) is 25.8. The molecule has 0 aromatic heterocycles. The first kappa shape index (κ1) is 45.0. The Balaban J connectivity index is -0.000000269. The molecule has 1 N–H and O–H groups in total. The van der Waals surface area contributed by atoms with E-state index < -0.39 is 11.9 Å². The third-order valence-corrected chi connectivity index (χ3v) is 4.67. The first-order valence-electron chi connectivity index (χ1n) is 14.6. The predicted molar refractivity (Wildman–Crippen MR) is 174 cm³/mol. The minimum Gasteiger partial charge on any atom is -0.466 e. The zero-order chi connectivity index (χ0) is 30.5. The summed E-state index contributed by atoms with van der Waals surface area (Å²) >= 11 is 0. The van der Waals surface area contributed by atoms with E-state index in [0.29, 0.717) is 6.61 Å². The van der Waals surface area contributed by atoms with Crippen molar-refractivity contribution in [2.45, 2.75) is 119 Å². The lowest BCUT2D eigenvalue weighted by Gasteiger charge is -1.96. The van der Waals surface area contributed by atoms with Crippen molar-refractivity contribution in [2.75, 3.05) is 13.2 Å². The number of esters is 3. The van der Waals surface area contributed by atoms with E-state index in [9.17, 15) is 14.4 Å². The molecule has 0 unspecified atom stereocenters. The number of hydrogen-bond acceptors (Lipinski definition) is 6. The van der Waals surface area contributed by atoms with Crippen molar-refractivity contribution < 1.29 is 29.0 Å². The van der Waals surface area contributed by atoms with Gasteiger partial charge in [-0.2, -0.15) is 0 Å². The molecule has 0 saturated carbocycles. The topological polar surface area (TPSA) is 89.9 Å². The van der Waals surface area contributed by atoms with Crippen LogP contribution in [0.15, 0.2) is 72.9 Å². The lowest BCUT2D eigenvalue weighted by atomic mass is 10.2. The second-order valence-electron chi connectivity index (χ2n) is 8.70. The highest BCUT2D eigenvalue weighted by atomic mass is 16.6. The third-order valence-electron chi connectivity index (χ3n) is 4.67. The van der Waals surface area contributed by atoms with Crippen LogP contribution in [0.4, 0.5) is 0 Å². The average Bonchev–Trinajstić information content (AvgIpc) is 2.90. The maximum Gasteiger partial charge on any atom is 0.310 e. The van der Waals surface area contributed by atoms with Crippen LogP contribution in [0.3, 0.4) is 0 Å². The molecule has 0 aromatic rings. The highest BCUT2D eigenvalue weighted by molar-refractivity contribution is 5.82. The van der Waals surface area contributed by atoms with Crippen molar-refractivity contribution in [2.24, 2.45) is 0 Å². The van der Waals surface area contributed by atoms with E-state index in [1.165, 1.54) is 33.6 Å². The molecule has 6 heteroatoms. The Morgan fingerprint density at radius 2 is 0.902 bits per heavy atom. The number of ether oxygens (including phenoxy) is 2. The van der Waals surface area contributed by atoms with Gasteiger partial charge in [-0.05, 0) is 77.0 Å². The predicted octanol–water partition coefficient (Wildman–Crippen LogP) is 9.32. The van der Waals surface area contributed by atoms with E-state index in [1.807, 2.05) is 6.08 Å². The van der Waals surface area contributed by atoms with Crippen LogP contribution >= 0.6 is 0 Å². The Kier molecular flexibility index (Phi) is 45.6. The number of allylic oxidation sites excluding steroid dienone is 10. The molecule has 0 aliphatic heterocycles. The monoisotopic (exact) mass is 576 g/mol. The van der Waals surface area contributed by atoms with Gasteiger partial charge in [0.15, 0.2) is 0 Å². The number of rotatable bonds is 19. The normalized spacial score (nSPS) is 11.1. The fourth-order valence-corrected chi connectivity index (χ4v) is 2.84. The van der Waals surface area contributed by atoms with Crippen LogP contribution in [0.1, 0.15) is 119 Å². The SMILES string of the molecule is C.CC(=O)OC(C)=O.CC/C=C\C/C=C\CCC/C=C/CCO.CC/C=C\C/C=C\CCC/C=C/CCOC(C)=O. The van der Waals surface area contributed by atoms with Crippen LogP contribution in [-0.4, -0.2) is 36.2 Å². The molecule has 0 saturated heterocycles. The van der Waals surface area contributed by atoms with Crippen molar-refractivity contribution in [3.05, 3.63) is 72.9 Å². The van der Waals surface area contributed by atoms with E-state index in [4.69, 9.17) is 9.84 Å². The lowest BCUT2D eigenvalue weighted by Crippen LogP contribution is -2.03. The van der Waals surface area contributed by atoms with Crippen LogP contribution in [0, 0.1) is 0 Å². The van der Waals surface area contributed by atoms with Crippen LogP contribution in [0.5, 0.6) is 0 Å². The van der Waals surface area contributed by atoms with Crippen molar-refractivity contribution in [3.8, 4) is 0 Å². The minimum atomic E-state index is -0.562. The summed E-state index contributed by atoms with van der Waals surface area (Å²) < 4.78 is 8.80. The summed E-state index contributed by atoms with van der Waals surface area (Å²) in [6.45, 7) is 8.86. The average molecular weight is 577 g/mol. The van der Waals surface area contributed by atoms with Crippen molar-refractivity contribution >= 4 is 17.9 Å². The molecule has 0 fully saturated rings. The summed E-state index contributed by atoms with van der Waals surface area (Å²) in [5, 5.41) is 8.54. The molecule has 0 spiro atoms. The van der Waals surface area contributed by atoms with E-state index >= 15 is 0 Å². The van der Waals surface area contributed by atoms with Gasteiger partial charge in [-0.15, -0.1) is 0 Å². The number of carbonyl (C=O) groups is 3. The molecule has 41 heavy (non-hydrogen) atoms. The highest BCUT2D eigenvalue weighted by Crippen LogP contribution is 2.01. The van der Waals surface area contributed by atoms with Gasteiger partial charge in [0.2, 0.25) is 0 Å². The quantitative estimate of drug-likeness (QED) is 0.0713. The van der Waals surface area contributed by atoms with E-state index in [0.717, 1.165) is 64.2 Å². The molecule has 0 atom stereocenters. The molecule has 6 nitrogen and oxygen atoms in total. The Labute approximate surface area is 252 Å². The van der Waals surface area contributed by atoms with Gasteiger partial charge in [-0.1, -0.05) is 94.2 Å². The van der Waals surface area contributed by atoms with Gasteiger partial charge in [-0.3, -0.25) is 14.4 Å². The van der Waals surface area contributed by atoms with Gasteiger partial charge in [0.1, 0.15) is 0 Å². The Hall–Kier alpha value is -2.99. The standard InChI is InChI=1S/C16H26O2.C14H24O.C4H6O3.CH4/c1-3-4-5-6-7-8-9-10-11-12-13-14-15-18-16(2)17;1-2-3-4-5-6-7-8-9-10-11-12-13-14-15;1-3(5)7-4(2)6;/h4-5,7-8,12-13H,3,6,9-11,14-15H2,1-2H3;3-4,6-7,11-12,15H,2,5,8-10,13-14H2,1H3;1-2H3;1H4/b5-4-,8-7-,13-12+;4-3-,7-6-,12-11+;;. The number of aliphatic hydroxyl groups is 1. The highest BCUT2D eigenvalue weighted by Gasteiger charge is 1.93. The molecular formula is C35H60O6.